The van der Waals surface area contributed by atoms with Gasteiger partial charge in [0.05, 0.1) is 6.54 Å². The number of thiocarbonyl (C=S) groups is 1. The van der Waals surface area contributed by atoms with Crippen molar-refractivity contribution in [1.29, 1.82) is 0 Å². The SMILES string of the molecule is CCN(CC(=O)NC(C)C)Cc1ccc(C(N)=S)cc1. The topological polar surface area (TPSA) is 58.4 Å². The number of hydrogen-bond donors (Lipinski definition) is 2. The van der Waals surface area contributed by atoms with E-state index in [-0.39, 0.29) is 11.9 Å². The van der Waals surface area contributed by atoms with Crippen LogP contribution < -0.4 is 11.1 Å². The first-order chi connectivity index (χ1) is 9.42. The van der Waals surface area contributed by atoms with Gasteiger partial charge in [0.15, 0.2) is 0 Å². The molecule has 5 heteroatoms. The van der Waals surface area contributed by atoms with E-state index in [4.69, 9.17) is 18.0 Å². The summed E-state index contributed by atoms with van der Waals surface area (Å²) in [7, 11) is 0. The molecule has 0 fully saturated rings. The summed E-state index contributed by atoms with van der Waals surface area (Å²) >= 11 is 4.93. The first-order valence-corrected chi connectivity index (χ1v) is 7.23. The van der Waals surface area contributed by atoms with Crippen molar-refractivity contribution in [2.45, 2.75) is 33.4 Å². The third-order valence-corrected chi connectivity index (χ3v) is 3.14. The van der Waals surface area contributed by atoms with Crippen LogP contribution in [0.1, 0.15) is 31.9 Å². The van der Waals surface area contributed by atoms with Crippen molar-refractivity contribution in [3.05, 3.63) is 35.4 Å². The van der Waals surface area contributed by atoms with Crippen LogP contribution in [0.4, 0.5) is 0 Å². The summed E-state index contributed by atoms with van der Waals surface area (Å²) in [5, 5.41) is 2.90. The summed E-state index contributed by atoms with van der Waals surface area (Å²) in [5.74, 6) is 0.0570. The van der Waals surface area contributed by atoms with Crippen LogP contribution in [0, 0.1) is 0 Å². The highest BCUT2D eigenvalue weighted by atomic mass is 32.1. The maximum atomic E-state index is 11.8. The number of rotatable bonds is 7. The summed E-state index contributed by atoms with van der Waals surface area (Å²) in [6, 6.07) is 8.00. The van der Waals surface area contributed by atoms with Crippen molar-refractivity contribution in [3.8, 4) is 0 Å². The molecule has 0 aliphatic carbocycles. The van der Waals surface area contributed by atoms with Crippen LogP contribution in [0.2, 0.25) is 0 Å². The standard InChI is InChI=1S/C15H23N3OS/c1-4-18(10-14(19)17-11(2)3)9-12-5-7-13(8-6-12)15(16)20/h5-8,11H,4,9-10H2,1-3H3,(H2,16,20)(H,17,19). The number of hydrogen-bond acceptors (Lipinski definition) is 3. The molecule has 0 saturated carbocycles. The second-order valence-electron chi connectivity index (χ2n) is 5.09. The number of amides is 1. The van der Waals surface area contributed by atoms with Gasteiger partial charge in [-0.15, -0.1) is 0 Å². The minimum atomic E-state index is 0.0570. The molecule has 0 unspecified atom stereocenters. The molecule has 0 radical (unpaired) electrons. The van der Waals surface area contributed by atoms with Crippen LogP contribution >= 0.6 is 12.2 Å². The molecule has 0 saturated heterocycles. The maximum Gasteiger partial charge on any atom is 0.234 e. The minimum Gasteiger partial charge on any atom is -0.389 e. The van der Waals surface area contributed by atoms with E-state index in [9.17, 15) is 4.79 Å². The number of carbonyl (C=O) groups is 1. The van der Waals surface area contributed by atoms with Crippen LogP contribution in [0.25, 0.3) is 0 Å². The van der Waals surface area contributed by atoms with E-state index in [1.165, 1.54) is 0 Å². The van der Waals surface area contributed by atoms with Gasteiger partial charge >= 0.3 is 0 Å². The average Bonchev–Trinajstić information content (AvgIpc) is 2.37. The van der Waals surface area contributed by atoms with Crippen LogP contribution in [0.5, 0.6) is 0 Å². The van der Waals surface area contributed by atoms with Crippen LogP contribution in [0.15, 0.2) is 24.3 Å². The molecule has 0 aliphatic heterocycles. The number of likely N-dealkylation sites (N-methyl/N-ethyl adjacent to an activating group) is 1. The highest BCUT2D eigenvalue weighted by Gasteiger charge is 2.10. The molecule has 20 heavy (non-hydrogen) atoms. The third-order valence-electron chi connectivity index (χ3n) is 2.91. The zero-order valence-electron chi connectivity index (χ0n) is 12.3. The highest BCUT2D eigenvalue weighted by Crippen LogP contribution is 2.07. The Morgan fingerprint density at radius 1 is 1.35 bits per heavy atom. The summed E-state index contributed by atoms with van der Waals surface area (Å²) < 4.78 is 0. The van der Waals surface area contributed by atoms with E-state index in [0.29, 0.717) is 11.5 Å². The molecule has 1 rings (SSSR count). The third kappa shape index (κ3) is 5.67. The number of nitrogens with one attached hydrogen (secondary N) is 1. The zero-order chi connectivity index (χ0) is 15.1. The molecule has 1 aromatic rings. The molecule has 0 spiro atoms. The van der Waals surface area contributed by atoms with Crippen molar-refractivity contribution < 1.29 is 4.79 Å². The Kier molecular flexibility index (Phi) is 6.61. The van der Waals surface area contributed by atoms with Crippen LogP contribution in [0.3, 0.4) is 0 Å². The van der Waals surface area contributed by atoms with Gasteiger partial charge in [0.2, 0.25) is 5.91 Å². The number of benzene rings is 1. The molecule has 0 heterocycles. The Hall–Kier alpha value is -1.46. The number of nitrogens with two attached hydrogens (primary N) is 1. The molecule has 4 nitrogen and oxygen atoms in total. The summed E-state index contributed by atoms with van der Waals surface area (Å²) in [6.45, 7) is 7.94. The summed E-state index contributed by atoms with van der Waals surface area (Å²) in [6.07, 6.45) is 0. The first-order valence-electron chi connectivity index (χ1n) is 6.82. The summed E-state index contributed by atoms with van der Waals surface area (Å²) in [4.78, 5) is 14.3. The van der Waals surface area contributed by atoms with E-state index < -0.39 is 0 Å². The lowest BCUT2D eigenvalue weighted by Crippen LogP contribution is -2.39. The maximum absolute atomic E-state index is 11.8. The molecule has 3 N–H and O–H groups in total. The number of carbonyl (C=O) groups excluding carboxylic acids is 1. The number of nitrogens with zero attached hydrogens (tertiary/aromatic N) is 1. The van der Waals surface area contributed by atoms with Crippen LogP contribution in [-0.4, -0.2) is 34.9 Å². The Morgan fingerprint density at radius 3 is 2.40 bits per heavy atom. The van der Waals surface area contributed by atoms with Gasteiger partial charge in [-0.05, 0) is 26.0 Å². The van der Waals surface area contributed by atoms with E-state index in [1.54, 1.807) is 0 Å². The van der Waals surface area contributed by atoms with Crippen molar-refractivity contribution in [3.63, 3.8) is 0 Å². The smallest absolute Gasteiger partial charge is 0.234 e. The van der Waals surface area contributed by atoms with Crippen molar-refractivity contribution in [1.82, 2.24) is 10.2 Å². The molecule has 0 atom stereocenters. The minimum absolute atomic E-state index is 0.0570. The Bertz CT molecular complexity index is 457. The molecular formula is C15H23N3OS. The van der Waals surface area contributed by atoms with Gasteiger partial charge in [-0.2, -0.15) is 0 Å². The molecule has 0 bridgehead atoms. The Morgan fingerprint density at radius 2 is 1.95 bits per heavy atom. The van der Waals surface area contributed by atoms with Gasteiger partial charge in [0.1, 0.15) is 4.99 Å². The van der Waals surface area contributed by atoms with Gasteiger partial charge in [0.25, 0.3) is 0 Å². The molecule has 0 aromatic heterocycles. The second kappa shape index (κ2) is 7.97. The lowest BCUT2D eigenvalue weighted by atomic mass is 10.1. The molecule has 1 amide bonds. The lowest BCUT2D eigenvalue weighted by molar-refractivity contribution is -0.122. The summed E-state index contributed by atoms with van der Waals surface area (Å²) in [5.41, 5.74) is 7.58. The quantitative estimate of drug-likeness (QED) is 0.751. The van der Waals surface area contributed by atoms with E-state index in [0.717, 1.165) is 24.2 Å². The lowest BCUT2D eigenvalue weighted by Gasteiger charge is -2.20. The van der Waals surface area contributed by atoms with Gasteiger partial charge in [-0.1, -0.05) is 43.4 Å². The predicted molar refractivity (Wildman–Crippen MR) is 86.6 cm³/mol. The normalized spacial score (nSPS) is 10.8. The predicted octanol–water partition coefficient (Wildman–Crippen LogP) is 1.67. The molecule has 0 aliphatic rings. The fourth-order valence-corrected chi connectivity index (χ4v) is 2.02. The van der Waals surface area contributed by atoms with Gasteiger partial charge in [0, 0.05) is 18.2 Å². The van der Waals surface area contributed by atoms with Gasteiger partial charge in [-0.3, -0.25) is 9.69 Å². The molecule has 110 valence electrons. The fourth-order valence-electron chi connectivity index (χ4n) is 1.88. The van der Waals surface area contributed by atoms with Crippen LogP contribution in [-0.2, 0) is 11.3 Å². The van der Waals surface area contributed by atoms with E-state index in [1.807, 2.05) is 45.0 Å². The molecular weight excluding hydrogens is 270 g/mol. The van der Waals surface area contributed by atoms with E-state index >= 15 is 0 Å². The second-order valence-corrected chi connectivity index (χ2v) is 5.53. The largest absolute Gasteiger partial charge is 0.389 e. The van der Waals surface area contributed by atoms with Crippen molar-refractivity contribution in [2.24, 2.45) is 5.73 Å². The highest BCUT2D eigenvalue weighted by molar-refractivity contribution is 7.80. The Balaban J connectivity index is 2.59. The van der Waals surface area contributed by atoms with Crippen molar-refractivity contribution in [2.75, 3.05) is 13.1 Å². The first kappa shape index (κ1) is 16.6. The zero-order valence-corrected chi connectivity index (χ0v) is 13.2. The average molecular weight is 293 g/mol. The van der Waals surface area contributed by atoms with Gasteiger partial charge in [-0.25, -0.2) is 0 Å². The van der Waals surface area contributed by atoms with E-state index in [2.05, 4.69) is 10.2 Å². The monoisotopic (exact) mass is 293 g/mol. The molecule has 1 aromatic carbocycles. The fraction of sp³-hybridized carbons (Fsp3) is 0.467. The Labute approximate surface area is 126 Å². The van der Waals surface area contributed by atoms with Crippen molar-refractivity contribution >= 4 is 23.1 Å². The van der Waals surface area contributed by atoms with Gasteiger partial charge < -0.3 is 11.1 Å².